The van der Waals surface area contributed by atoms with Crippen molar-refractivity contribution in [1.29, 1.82) is 0 Å². The minimum absolute atomic E-state index is 0.612. The number of nitrogens with one attached hydrogen (secondary N) is 1. The van der Waals surface area contributed by atoms with E-state index < -0.39 is 0 Å². The molecule has 2 rings (SSSR count). The van der Waals surface area contributed by atoms with Crippen molar-refractivity contribution in [2.45, 2.75) is 32.7 Å². The third-order valence-corrected chi connectivity index (χ3v) is 3.85. The van der Waals surface area contributed by atoms with E-state index in [1.807, 2.05) is 18.2 Å². The third kappa shape index (κ3) is 2.73. The fourth-order valence-electron chi connectivity index (χ4n) is 1.94. The molecule has 1 saturated carbocycles. The molecular formula is C13H18ClN. The number of hydrogen-bond acceptors (Lipinski definition) is 1. The first-order valence-corrected chi connectivity index (χ1v) is 6.08. The number of rotatable bonds is 5. The van der Waals surface area contributed by atoms with Crippen LogP contribution in [0.4, 0.5) is 0 Å². The zero-order valence-electron chi connectivity index (χ0n) is 9.22. The van der Waals surface area contributed by atoms with Crippen molar-refractivity contribution in [3.63, 3.8) is 0 Å². The molecule has 15 heavy (non-hydrogen) atoms. The number of hydrogen-bond donors (Lipinski definition) is 1. The lowest BCUT2D eigenvalue weighted by Gasteiger charge is -2.13. The fraction of sp³-hybridized carbons (Fsp3) is 0.538. The van der Waals surface area contributed by atoms with E-state index in [1.165, 1.54) is 24.8 Å². The van der Waals surface area contributed by atoms with Gasteiger partial charge >= 0.3 is 0 Å². The van der Waals surface area contributed by atoms with Crippen molar-refractivity contribution in [3.8, 4) is 0 Å². The normalized spacial score (nSPS) is 17.7. The van der Waals surface area contributed by atoms with E-state index in [0.717, 1.165) is 18.1 Å². The van der Waals surface area contributed by atoms with Gasteiger partial charge in [0.2, 0.25) is 0 Å². The smallest absolute Gasteiger partial charge is 0.0450 e. The van der Waals surface area contributed by atoms with Crippen LogP contribution >= 0.6 is 11.6 Å². The molecular weight excluding hydrogens is 206 g/mol. The molecule has 1 aromatic carbocycles. The standard InChI is InChI=1S/C13H18ClN/c1-2-13(7-8-13)10-15-9-11-5-3-4-6-12(11)14/h3-6,15H,2,7-10H2,1H3. The predicted molar refractivity (Wildman–Crippen MR) is 65.1 cm³/mol. The van der Waals surface area contributed by atoms with E-state index in [2.05, 4.69) is 18.3 Å². The monoisotopic (exact) mass is 223 g/mol. The van der Waals surface area contributed by atoms with Crippen molar-refractivity contribution in [3.05, 3.63) is 34.9 Å². The van der Waals surface area contributed by atoms with E-state index in [1.54, 1.807) is 0 Å². The largest absolute Gasteiger partial charge is 0.312 e. The SMILES string of the molecule is CCC1(CNCc2ccccc2Cl)CC1. The number of benzene rings is 1. The Bertz CT molecular complexity index is 331. The van der Waals surface area contributed by atoms with Gasteiger partial charge in [-0.1, -0.05) is 36.7 Å². The highest BCUT2D eigenvalue weighted by atomic mass is 35.5. The van der Waals surface area contributed by atoms with Crippen LogP contribution in [0.3, 0.4) is 0 Å². The minimum Gasteiger partial charge on any atom is -0.312 e. The summed E-state index contributed by atoms with van der Waals surface area (Å²) < 4.78 is 0. The summed E-state index contributed by atoms with van der Waals surface area (Å²) in [7, 11) is 0. The summed E-state index contributed by atoms with van der Waals surface area (Å²) in [6.45, 7) is 4.31. The minimum atomic E-state index is 0.612. The van der Waals surface area contributed by atoms with E-state index in [4.69, 9.17) is 11.6 Å². The van der Waals surface area contributed by atoms with Crippen LogP contribution < -0.4 is 5.32 Å². The summed E-state index contributed by atoms with van der Waals surface area (Å²) in [5, 5.41) is 4.38. The summed E-state index contributed by atoms with van der Waals surface area (Å²) in [6.07, 6.45) is 4.07. The van der Waals surface area contributed by atoms with Gasteiger partial charge in [0.05, 0.1) is 0 Å². The summed E-state index contributed by atoms with van der Waals surface area (Å²) in [5.41, 5.74) is 1.81. The van der Waals surface area contributed by atoms with E-state index in [-0.39, 0.29) is 0 Å². The van der Waals surface area contributed by atoms with Crippen molar-refractivity contribution in [2.75, 3.05) is 6.54 Å². The third-order valence-electron chi connectivity index (χ3n) is 3.48. The van der Waals surface area contributed by atoms with Crippen molar-refractivity contribution >= 4 is 11.6 Å². The molecule has 0 amide bonds. The van der Waals surface area contributed by atoms with Gasteiger partial charge in [0.1, 0.15) is 0 Å². The molecule has 1 fully saturated rings. The molecule has 82 valence electrons. The first-order chi connectivity index (χ1) is 7.26. The maximum atomic E-state index is 6.08. The first-order valence-electron chi connectivity index (χ1n) is 5.70. The highest BCUT2D eigenvalue weighted by molar-refractivity contribution is 6.31. The second kappa shape index (κ2) is 4.54. The zero-order chi connectivity index (χ0) is 10.7. The first kappa shape index (κ1) is 11.0. The topological polar surface area (TPSA) is 12.0 Å². The predicted octanol–water partition coefficient (Wildman–Crippen LogP) is 3.62. The second-order valence-corrected chi connectivity index (χ2v) is 4.96. The lowest BCUT2D eigenvalue weighted by atomic mass is 10.0. The quantitative estimate of drug-likeness (QED) is 0.804. The van der Waals surface area contributed by atoms with Gasteiger partial charge in [-0.05, 0) is 36.3 Å². The molecule has 1 aliphatic rings. The Morgan fingerprint density at radius 3 is 2.67 bits per heavy atom. The second-order valence-electron chi connectivity index (χ2n) is 4.55. The highest BCUT2D eigenvalue weighted by Crippen LogP contribution is 2.47. The van der Waals surface area contributed by atoms with E-state index in [0.29, 0.717) is 5.41 Å². The zero-order valence-corrected chi connectivity index (χ0v) is 9.98. The molecule has 0 atom stereocenters. The van der Waals surface area contributed by atoms with E-state index in [9.17, 15) is 0 Å². The molecule has 1 nitrogen and oxygen atoms in total. The Morgan fingerprint density at radius 2 is 2.07 bits per heavy atom. The molecule has 0 aliphatic heterocycles. The van der Waals surface area contributed by atoms with Crippen LogP contribution in [0.1, 0.15) is 31.7 Å². The Morgan fingerprint density at radius 1 is 1.33 bits per heavy atom. The molecule has 1 aromatic rings. The molecule has 0 spiro atoms. The Labute approximate surface area is 96.8 Å². The average Bonchev–Trinajstić information content (AvgIpc) is 3.02. The summed E-state index contributed by atoms with van der Waals surface area (Å²) in [5.74, 6) is 0. The Balaban J connectivity index is 1.81. The van der Waals surface area contributed by atoms with Gasteiger partial charge in [-0.3, -0.25) is 0 Å². The Kier molecular flexibility index (Phi) is 3.32. The van der Waals surface area contributed by atoms with Crippen molar-refractivity contribution in [2.24, 2.45) is 5.41 Å². The summed E-state index contributed by atoms with van der Waals surface area (Å²) in [4.78, 5) is 0. The molecule has 1 N–H and O–H groups in total. The summed E-state index contributed by atoms with van der Waals surface area (Å²) >= 11 is 6.08. The van der Waals surface area contributed by atoms with Crippen LogP contribution in [0.5, 0.6) is 0 Å². The Hall–Kier alpha value is -0.530. The lowest BCUT2D eigenvalue weighted by Crippen LogP contribution is -2.23. The van der Waals surface area contributed by atoms with Crippen LogP contribution in [0.2, 0.25) is 5.02 Å². The van der Waals surface area contributed by atoms with Crippen LogP contribution in [0.25, 0.3) is 0 Å². The fourth-order valence-corrected chi connectivity index (χ4v) is 2.14. The van der Waals surface area contributed by atoms with Gasteiger partial charge in [0.25, 0.3) is 0 Å². The van der Waals surface area contributed by atoms with Gasteiger partial charge in [-0.25, -0.2) is 0 Å². The molecule has 0 bridgehead atoms. The van der Waals surface area contributed by atoms with E-state index >= 15 is 0 Å². The molecule has 0 saturated heterocycles. The van der Waals surface area contributed by atoms with Gasteiger partial charge in [0, 0.05) is 18.1 Å². The maximum Gasteiger partial charge on any atom is 0.0450 e. The van der Waals surface area contributed by atoms with Gasteiger partial charge in [0.15, 0.2) is 0 Å². The van der Waals surface area contributed by atoms with Gasteiger partial charge in [-0.15, -0.1) is 0 Å². The van der Waals surface area contributed by atoms with Gasteiger partial charge < -0.3 is 5.32 Å². The molecule has 0 heterocycles. The molecule has 2 heteroatoms. The molecule has 0 radical (unpaired) electrons. The van der Waals surface area contributed by atoms with Crippen LogP contribution in [-0.4, -0.2) is 6.54 Å². The lowest BCUT2D eigenvalue weighted by molar-refractivity contribution is 0.443. The van der Waals surface area contributed by atoms with Crippen LogP contribution in [0.15, 0.2) is 24.3 Å². The molecule has 0 aromatic heterocycles. The van der Waals surface area contributed by atoms with Gasteiger partial charge in [-0.2, -0.15) is 0 Å². The van der Waals surface area contributed by atoms with Crippen LogP contribution in [-0.2, 0) is 6.54 Å². The van der Waals surface area contributed by atoms with Crippen LogP contribution in [0, 0.1) is 5.41 Å². The highest BCUT2D eigenvalue weighted by Gasteiger charge is 2.39. The molecule has 0 unspecified atom stereocenters. The average molecular weight is 224 g/mol. The summed E-state index contributed by atoms with van der Waals surface area (Å²) in [6, 6.07) is 8.04. The molecule has 1 aliphatic carbocycles. The van der Waals surface area contributed by atoms with Crippen molar-refractivity contribution < 1.29 is 0 Å². The maximum absolute atomic E-state index is 6.08. The number of halogens is 1. The van der Waals surface area contributed by atoms with Crippen molar-refractivity contribution in [1.82, 2.24) is 5.32 Å².